The molecule has 0 fully saturated rings. The van der Waals surface area contributed by atoms with Crippen molar-refractivity contribution in [1.29, 1.82) is 0 Å². The van der Waals surface area contributed by atoms with E-state index in [1.54, 1.807) is 0 Å². The van der Waals surface area contributed by atoms with Crippen molar-refractivity contribution in [3.05, 3.63) is 99.8 Å². The average molecular weight is 311 g/mol. The van der Waals surface area contributed by atoms with Gasteiger partial charge in [0.2, 0.25) is 0 Å². The maximum absolute atomic E-state index is 2.12. The van der Waals surface area contributed by atoms with Crippen LogP contribution in [0.3, 0.4) is 0 Å². The molecule has 4 rings (SSSR count). The van der Waals surface area contributed by atoms with Crippen molar-refractivity contribution in [2.45, 2.75) is 0 Å². The summed E-state index contributed by atoms with van der Waals surface area (Å²) in [5.74, 6) is 0. The molecular weight excluding hydrogens is 291 g/mol. The second-order valence-corrected chi connectivity index (χ2v) is 4.31. The molecule has 0 atom stereocenters. The van der Waals surface area contributed by atoms with Crippen molar-refractivity contribution in [1.82, 2.24) is 0 Å². The van der Waals surface area contributed by atoms with Crippen molar-refractivity contribution in [3.63, 3.8) is 0 Å². The first kappa shape index (κ1) is 19.2. The van der Waals surface area contributed by atoms with Crippen molar-refractivity contribution in [3.8, 4) is 0 Å². The number of hydrogen-bond donors (Lipinski definition) is 0. The standard InChI is InChI=1S/2C9H7.2CH3.V/c2*1-2-5-9-7-3-6-8(9)4-1;;;/h2*1-7H;2*1H3;/q4*-1;+4. The molecule has 0 amide bonds. The van der Waals surface area contributed by atoms with E-state index in [2.05, 4.69) is 84.9 Å². The Morgan fingerprint density at radius 2 is 0.905 bits per heavy atom. The molecule has 0 bridgehead atoms. The Labute approximate surface area is 140 Å². The molecule has 0 aliphatic rings. The third-order valence-corrected chi connectivity index (χ3v) is 3.10. The summed E-state index contributed by atoms with van der Waals surface area (Å²) in [4.78, 5) is 0. The monoisotopic (exact) mass is 311 g/mol. The molecule has 0 heterocycles. The zero-order valence-electron chi connectivity index (χ0n) is 12.5. The molecule has 105 valence electrons. The van der Waals surface area contributed by atoms with Crippen LogP contribution in [0.1, 0.15) is 0 Å². The first-order chi connectivity index (χ1) is 8.93. The molecule has 0 saturated carbocycles. The summed E-state index contributed by atoms with van der Waals surface area (Å²) in [6.07, 6.45) is 0. The van der Waals surface area contributed by atoms with Gasteiger partial charge in [-0.05, 0) is 0 Å². The number of benzene rings is 2. The molecule has 0 N–H and O–H groups in total. The van der Waals surface area contributed by atoms with Gasteiger partial charge in [0.25, 0.3) is 0 Å². The molecule has 0 spiro atoms. The second-order valence-electron chi connectivity index (χ2n) is 4.31. The van der Waals surface area contributed by atoms with Gasteiger partial charge in [0.1, 0.15) is 0 Å². The van der Waals surface area contributed by atoms with Gasteiger partial charge in [-0.15, -0.1) is 59.3 Å². The minimum Gasteiger partial charge on any atom is -0.358 e. The Morgan fingerprint density at radius 1 is 0.524 bits per heavy atom. The molecule has 21 heavy (non-hydrogen) atoms. The van der Waals surface area contributed by atoms with Crippen LogP contribution in [0.5, 0.6) is 0 Å². The van der Waals surface area contributed by atoms with Crippen LogP contribution in [0, 0.1) is 14.9 Å². The smallest absolute Gasteiger partial charge is 0.358 e. The van der Waals surface area contributed by atoms with Crippen LogP contribution in [-0.4, -0.2) is 0 Å². The molecule has 0 aliphatic carbocycles. The van der Waals surface area contributed by atoms with Gasteiger partial charge in [0.05, 0.1) is 0 Å². The summed E-state index contributed by atoms with van der Waals surface area (Å²) in [6, 6.07) is 29.3. The second kappa shape index (κ2) is 9.23. The van der Waals surface area contributed by atoms with Gasteiger partial charge in [0.15, 0.2) is 0 Å². The Morgan fingerprint density at radius 3 is 1.29 bits per heavy atom. The van der Waals surface area contributed by atoms with E-state index in [0.717, 1.165) is 0 Å². The molecule has 1 heteroatoms. The van der Waals surface area contributed by atoms with Gasteiger partial charge >= 0.3 is 18.6 Å². The molecule has 4 aromatic carbocycles. The summed E-state index contributed by atoms with van der Waals surface area (Å²) in [5, 5.41) is 5.32. The zero-order valence-corrected chi connectivity index (χ0v) is 13.9. The fourth-order valence-corrected chi connectivity index (χ4v) is 2.14. The molecule has 1 radical (unpaired) electrons. The predicted molar refractivity (Wildman–Crippen MR) is 91.9 cm³/mol. The Balaban J connectivity index is 0.000000333. The quantitative estimate of drug-likeness (QED) is 0.349. The predicted octanol–water partition coefficient (Wildman–Crippen LogP) is 6.02. The van der Waals surface area contributed by atoms with E-state index >= 15 is 0 Å². The van der Waals surface area contributed by atoms with Gasteiger partial charge in [-0.2, -0.15) is 35.0 Å². The van der Waals surface area contributed by atoms with Gasteiger partial charge in [-0.1, -0.05) is 12.1 Å². The Hall–Kier alpha value is -1.76. The Kier molecular flexibility index (Phi) is 8.46. The zero-order chi connectivity index (χ0) is 12.2. The fourth-order valence-electron chi connectivity index (χ4n) is 2.14. The number of fused-ring (bicyclic) bond motifs is 2. The number of hydrogen-bond acceptors (Lipinski definition) is 0. The van der Waals surface area contributed by atoms with E-state index in [1.165, 1.54) is 21.5 Å². The topological polar surface area (TPSA) is 0 Å². The van der Waals surface area contributed by atoms with E-state index in [-0.39, 0.29) is 33.4 Å². The van der Waals surface area contributed by atoms with E-state index in [0.29, 0.717) is 0 Å². The third-order valence-electron chi connectivity index (χ3n) is 3.10. The van der Waals surface area contributed by atoms with E-state index in [9.17, 15) is 0 Å². The molecular formula is C20H20V. The fraction of sp³-hybridized carbons (Fsp3) is 0. The minimum atomic E-state index is 0. The molecule has 4 aromatic rings. The van der Waals surface area contributed by atoms with Crippen LogP contribution in [0.15, 0.2) is 84.9 Å². The van der Waals surface area contributed by atoms with Crippen LogP contribution in [0.2, 0.25) is 0 Å². The van der Waals surface area contributed by atoms with E-state index in [1.807, 2.05) is 0 Å². The van der Waals surface area contributed by atoms with Crippen molar-refractivity contribution in [2.24, 2.45) is 0 Å². The summed E-state index contributed by atoms with van der Waals surface area (Å²) in [6.45, 7) is 0. The summed E-state index contributed by atoms with van der Waals surface area (Å²) < 4.78 is 0. The molecule has 0 aliphatic heterocycles. The van der Waals surface area contributed by atoms with Crippen molar-refractivity contribution >= 4 is 21.5 Å². The SMILES string of the molecule is [CH3-].[CH3-].[V+4].c1ccc2[cH-]ccc2c1.c1ccc2[cH-]ccc2c1. The maximum Gasteiger partial charge on any atom is 4.00 e. The molecule has 0 aromatic heterocycles. The molecule has 0 nitrogen and oxygen atoms in total. The van der Waals surface area contributed by atoms with Crippen LogP contribution < -0.4 is 0 Å². The Bertz CT molecular complexity index is 620. The molecule has 0 unspecified atom stereocenters. The number of rotatable bonds is 0. The summed E-state index contributed by atoms with van der Waals surface area (Å²) >= 11 is 0. The van der Waals surface area contributed by atoms with Gasteiger partial charge < -0.3 is 14.9 Å². The minimum absolute atomic E-state index is 0. The average Bonchev–Trinajstić information content (AvgIpc) is 3.08. The van der Waals surface area contributed by atoms with Gasteiger partial charge in [-0.25, -0.2) is 0 Å². The van der Waals surface area contributed by atoms with E-state index in [4.69, 9.17) is 0 Å². The summed E-state index contributed by atoms with van der Waals surface area (Å²) in [5.41, 5.74) is 0. The van der Waals surface area contributed by atoms with Crippen LogP contribution in [-0.2, 0) is 18.6 Å². The maximum atomic E-state index is 2.12. The summed E-state index contributed by atoms with van der Waals surface area (Å²) in [7, 11) is 0. The first-order valence-corrected chi connectivity index (χ1v) is 6.14. The van der Waals surface area contributed by atoms with Crippen molar-refractivity contribution < 1.29 is 18.6 Å². The van der Waals surface area contributed by atoms with Gasteiger partial charge in [0, 0.05) is 0 Å². The van der Waals surface area contributed by atoms with Crippen LogP contribution >= 0.6 is 0 Å². The van der Waals surface area contributed by atoms with Crippen LogP contribution in [0.25, 0.3) is 21.5 Å². The van der Waals surface area contributed by atoms with E-state index < -0.39 is 0 Å². The first-order valence-electron chi connectivity index (χ1n) is 6.14. The largest absolute Gasteiger partial charge is 4.00 e. The third kappa shape index (κ3) is 4.63. The normalized spacial score (nSPS) is 8.76. The van der Waals surface area contributed by atoms with Crippen LogP contribution in [0.4, 0.5) is 0 Å². The van der Waals surface area contributed by atoms with Crippen molar-refractivity contribution in [2.75, 3.05) is 0 Å². The van der Waals surface area contributed by atoms with Gasteiger partial charge in [-0.3, -0.25) is 0 Å². The molecule has 0 saturated heterocycles.